The van der Waals surface area contributed by atoms with E-state index in [2.05, 4.69) is 77.7 Å². The minimum Gasteiger partial charge on any atom is -0.311 e. The largest absolute Gasteiger partial charge is 0.311 e. The fourth-order valence-electron chi connectivity index (χ4n) is 4.94. The molecule has 6 heteroatoms. The first kappa shape index (κ1) is 25.1. The Labute approximate surface area is 244 Å². The summed E-state index contributed by atoms with van der Waals surface area (Å²) in [6.45, 7) is 0. The minimum atomic E-state index is 0.509. The highest BCUT2D eigenvalue weighted by Gasteiger charge is 2.17. The lowest BCUT2D eigenvalue weighted by molar-refractivity contribution is 0.911. The van der Waals surface area contributed by atoms with Crippen molar-refractivity contribution in [1.29, 1.82) is 0 Å². The molecule has 0 saturated heterocycles. The maximum atomic E-state index is 4.88. The molecular weight excluding hydrogens is 516 g/mol. The van der Waals surface area contributed by atoms with Crippen molar-refractivity contribution < 1.29 is 0 Å². The molecule has 0 saturated carbocycles. The molecule has 0 unspecified atom stereocenters. The topological polar surface area (TPSA) is 59.7 Å². The van der Waals surface area contributed by atoms with Gasteiger partial charge >= 0.3 is 0 Å². The number of imidazole rings is 1. The van der Waals surface area contributed by atoms with Crippen LogP contribution in [0.4, 0.5) is 17.1 Å². The summed E-state index contributed by atoms with van der Waals surface area (Å²) < 4.78 is 1.92. The average Bonchev–Trinajstić information content (AvgIpc) is 3.57. The summed E-state index contributed by atoms with van der Waals surface area (Å²) in [5.41, 5.74) is 6.02. The van der Waals surface area contributed by atoms with Crippen molar-refractivity contribution in [3.63, 3.8) is 0 Å². The lowest BCUT2D eigenvalue weighted by Crippen LogP contribution is -2.10. The normalized spacial score (nSPS) is 10.9. The first-order chi connectivity index (χ1) is 20.8. The van der Waals surface area contributed by atoms with E-state index in [1.807, 2.05) is 83.6 Å². The summed E-state index contributed by atoms with van der Waals surface area (Å²) in [4.78, 5) is 21.5. The number of nitrogens with zero attached hydrogens (tertiary/aromatic N) is 6. The fourth-order valence-corrected chi connectivity index (χ4v) is 4.94. The molecule has 6 nitrogen and oxygen atoms in total. The van der Waals surface area contributed by atoms with E-state index in [9.17, 15) is 0 Å². The number of hydrogen-bond acceptors (Lipinski definition) is 5. The number of rotatable bonds is 7. The van der Waals surface area contributed by atoms with E-state index in [4.69, 9.17) is 19.9 Å². The molecule has 0 atom stereocenters. The molecular formula is C36H26N6. The molecule has 0 N–H and O–H groups in total. The third kappa shape index (κ3) is 5.05. The predicted octanol–water partition coefficient (Wildman–Crippen LogP) is 8.53. The molecule has 5 aromatic carbocycles. The van der Waals surface area contributed by atoms with E-state index in [0.29, 0.717) is 17.6 Å². The van der Waals surface area contributed by atoms with E-state index in [-0.39, 0.29) is 0 Å². The van der Waals surface area contributed by atoms with Crippen molar-refractivity contribution in [3.05, 3.63) is 158 Å². The number of anilines is 3. The second kappa shape index (κ2) is 11.3. The van der Waals surface area contributed by atoms with Crippen LogP contribution in [0.15, 0.2) is 158 Å². The van der Waals surface area contributed by atoms with Crippen LogP contribution in [0.2, 0.25) is 0 Å². The van der Waals surface area contributed by atoms with Crippen LogP contribution in [0.25, 0.3) is 40.1 Å². The molecule has 200 valence electrons. The fraction of sp³-hybridized carbons (Fsp3) is 0. The van der Waals surface area contributed by atoms with Crippen LogP contribution in [0.1, 0.15) is 0 Å². The first-order valence-electron chi connectivity index (χ1n) is 13.7. The number of para-hydroxylation sites is 2. The van der Waals surface area contributed by atoms with Crippen LogP contribution < -0.4 is 4.90 Å². The Morgan fingerprint density at radius 1 is 0.429 bits per heavy atom. The molecule has 0 radical (unpaired) electrons. The first-order valence-corrected chi connectivity index (χ1v) is 13.7. The van der Waals surface area contributed by atoms with Gasteiger partial charge < -0.3 is 4.90 Å². The van der Waals surface area contributed by atoms with Crippen LogP contribution in [-0.4, -0.2) is 24.5 Å². The van der Waals surface area contributed by atoms with Gasteiger partial charge in [0.15, 0.2) is 11.6 Å². The summed E-state index contributed by atoms with van der Waals surface area (Å²) in [5.74, 6) is 2.47. The molecule has 0 spiro atoms. The van der Waals surface area contributed by atoms with Gasteiger partial charge in [-0.25, -0.2) is 9.97 Å². The molecule has 42 heavy (non-hydrogen) atoms. The Morgan fingerprint density at radius 3 is 1.38 bits per heavy atom. The average molecular weight is 543 g/mol. The van der Waals surface area contributed by atoms with E-state index in [1.165, 1.54) is 0 Å². The maximum Gasteiger partial charge on any atom is 0.239 e. The molecule has 2 heterocycles. The molecule has 7 aromatic rings. The molecule has 0 bridgehead atoms. The van der Waals surface area contributed by atoms with Crippen molar-refractivity contribution in [1.82, 2.24) is 24.5 Å². The van der Waals surface area contributed by atoms with Gasteiger partial charge in [-0.2, -0.15) is 9.97 Å². The Morgan fingerprint density at radius 2 is 0.881 bits per heavy atom. The molecule has 2 aromatic heterocycles. The predicted molar refractivity (Wildman–Crippen MR) is 168 cm³/mol. The van der Waals surface area contributed by atoms with E-state index < -0.39 is 0 Å². The zero-order chi connectivity index (χ0) is 28.1. The van der Waals surface area contributed by atoms with Gasteiger partial charge in [0, 0.05) is 46.1 Å². The van der Waals surface area contributed by atoms with Gasteiger partial charge in [0.05, 0.1) is 0 Å². The van der Waals surface area contributed by atoms with E-state index in [1.54, 1.807) is 6.20 Å². The van der Waals surface area contributed by atoms with Gasteiger partial charge in [-0.1, -0.05) is 97.1 Å². The number of aromatic nitrogens is 5. The second-order valence-electron chi connectivity index (χ2n) is 9.69. The van der Waals surface area contributed by atoms with Crippen molar-refractivity contribution in [2.45, 2.75) is 0 Å². The zero-order valence-electron chi connectivity index (χ0n) is 22.7. The van der Waals surface area contributed by atoms with Crippen molar-refractivity contribution >= 4 is 17.1 Å². The second-order valence-corrected chi connectivity index (χ2v) is 9.69. The van der Waals surface area contributed by atoms with Crippen LogP contribution in [0.5, 0.6) is 0 Å². The van der Waals surface area contributed by atoms with Crippen LogP contribution >= 0.6 is 0 Å². The van der Waals surface area contributed by atoms with Crippen molar-refractivity contribution in [3.8, 4) is 40.1 Å². The lowest BCUT2D eigenvalue weighted by Gasteiger charge is -2.25. The van der Waals surface area contributed by atoms with Gasteiger partial charge in [0.2, 0.25) is 5.95 Å². The van der Waals surface area contributed by atoms with E-state index in [0.717, 1.165) is 39.6 Å². The highest BCUT2D eigenvalue weighted by molar-refractivity contribution is 5.77. The number of benzene rings is 5. The molecule has 0 fully saturated rings. The molecule has 0 aliphatic heterocycles. The lowest BCUT2D eigenvalue weighted by atomic mass is 10.1. The van der Waals surface area contributed by atoms with Gasteiger partial charge in [0.25, 0.3) is 0 Å². The Bertz CT molecular complexity index is 1810. The third-order valence-electron chi connectivity index (χ3n) is 6.96. The van der Waals surface area contributed by atoms with Crippen LogP contribution in [0.3, 0.4) is 0 Å². The van der Waals surface area contributed by atoms with Gasteiger partial charge in [0.1, 0.15) is 5.82 Å². The van der Waals surface area contributed by atoms with Crippen LogP contribution in [0, 0.1) is 0 Å². The standard InChI is InChI=1S/C36H26N6/c1-5-13-27(14-6-1)33-38-34(28-15-7-2-8-16-28)40-36(39-33)41-26-25-37-35(41)29-21-23-32(24-22-29)42(30-17-9-3-10-18-30)31-19-11-4-12-20-31/h1-26H. The highest BCUT2D eigenvalue weighted by atomic mass is 15.2. The highest BCUT2D eigenvalue weighted by Crippen LogP contribution is 2.35. The quantitative estimate of drug-likeness (QED) is 0.202. The Balaban J connectivity index is 1.29. The van der Waals surface area contributed by atoms with E-state index >= 15 is 0 Å². The SMILES string of the molecule is c1ccc(-c2nc(-c3ccccc3)nc(-n3ccnc3-c3ccc(N(c4ccccc4)c4ccccc4)cc3)n2)cc1. The monoisotopic (exact) mass is 542 g/mol. The summed E-state index contributed by atoms with van der Waals surface area (Å²) in [7, 11) is 0. The van der Waals surface area contributed by atoms with Crippen LogP contribution in [-0.2, 0) is 0 Å². The molecule has 7 rings (SSSR count). The summed E-state index contributed by atoms with van der Waals surface area (Å²) in [6.07, 6.45) is 3.67. The number of hydrogen-bond donors (Lipinski definition) is 0. The summed E-state index contributed by atoms with van der Waals surface area (Å²) in [5, 5.41) is 0. The van der Waals surface area contributed by atoms with Gasteiger partial charge in [-0.3, -0.25) is 4.57 Å². The zero-order valence-corrected chi connectivity index (χ0v) is 22.7. The Kier molecular flexibility index (Phi) is 6.76. The molecule has 0 aliphatic rings. The molecule has 0 amide bonds. The summed E-state index contributed by atoms with van der Waals surface area (Å²) >= 11 is 0. The van der Waals surface area contributed by atoms with Gasteiger partial charge in [-0.15, -0.1) is 0 Å². The van der Waals surface area contributed by atoms with Crippen molar-refractivity contribution in [2.75, 3.05) is 4.90 Å². The summed E-state index contributed by atoms with van der Waals surface area (Å²) in [6, 6.07) is 49.1. The third-order valence-corrected chi connectivity index (χ3v) is 6.96. The minimum absolute atomic E-state index is 0.509. The smallest absolute Gasteiger partial charge is 0.239 e. The maximum absolute atomic E-state index is 4.88. The molecule has 0 aliphatic carbocycles. The Hall–Kier alpha value is -5.88. The van der Waals surface area contributed by atoms with Gasteiger partial charge in [-0.05, 0) is 48.5 Å². The van der Waals surface area contributed by atoms with Crippen molar-refractivity contribution in [2.24, 2.45) is 0 Å².